The lowest BCUT2D eigenvalue weighted by Crippen LogP contribution is -2.67. The van der Waals surface area contributed by atoms with E-state index in [1.54, 1.807) is 4.90 Å². The van der Waals surface area contributed by atoms with E-state index in [0.29, 0.717) is 24.8 Å². The number of hydrogen-bond donors (Lipinski definition) is 2. The third-order valence-electron chi connectivity index (χ3n) is 9.43. The van der Waals surface area contributed by atoms with E-state index in [-0.39, 0.29) is 40.4 Å². The van der Waals surface area contributed by atoms with Crippen molar-refractivity contribution in [1.82, 2.24) is 25.3 Å². The van der Waals surface area contributed by atoms with Crippen LogP contribution in [0.2, 0.25) is 0 Å². The molecule has 3 amide bonds. The summed E-state index contributed by atoms with van der Waals surface area (Å²) in [7, 11) is 0. The molecule has 0 bridgehead atoms. The minimum absolute atomic E-state index is 0.0808. The number of benzene rings is 2. The first-order valence-corrected chi connectivity index (χ1v) is 17.5. The smallest absolute Gasteiger partial charge is 0.247 e. The molecule has 0 spiro atoms. The van der Waals surface area contributed by atoms with Gasteiger partial charge in [-0.05, 0) is 86.8 Å². The maximum atomic E-state index is 14.7. The normalized spacial score (nSPS) is 19.8. The average Bonchev–Trinajstić information content (AvgIpc) is 3.61. The molecule has 3 unspecified atom stereocenters. The number of fused-ring (bicyclic) bond motifs is 1. The van der Waals surface area contributed by atoms with Gasteiger partial charge < -0.3 is 15.5 Å². The highest BCUT2D eigenvalue weighted by molar-refractivity contribution is 6.00. The molecule has 1 fully saturated rings. The van der Waals surface area contributed by atoms with Crippen molar-refractivity contribution in [2.24, 2.45) is 11.8 Å². The van der Waals surface area contributed by atoms with Crippen molar-refractivity contribution < 1.29 is 14.4 Å². The number of aromatic nitrogens is 2. The van der Waals surface area contributed by atoms with E-state index in [0.717, 1.165) is 17.1 Å². The summed E-state index contributed by atoms with van der Waals surface area (Å²) in [5.74, 6) is -0.652. The van der Waals surface area contributed by atoms with Gasteiger partial charge in [0.05, 0.1) is 11.4 Å². The predicted octanol–water partition coefficient (Wildman–Crippen LogP) is 6.58. The van der Waals surface area contributed by atoms with E-state index in [9.17, 15) is 14.4 Å². The van der Waals surface area contributed by atoms with Gasteiger partial charge >= 0.3 is 0 Å². The van der Waals surface area contributed by atoms with Gasteiger partial charge in [-0.15, -0.1) is 0 Å². The molecular weight excluding hydrogens is 598 g/mol. The van der Waals surface area contributed by atoms with Crippen molar-refractivity contribution in [2.45, 2.75) is 130 Å². The topological polar surface area (TPSA) is 96.3 Å². The summed E-state index contributed by atoms with van der Waals surface area (Å²) in [4.78, 5) is 44.7. The summed E-state index contributed by atoms with van der Waals surface area (Å²) < 4.78 is 1.99. The summed E-state index contributed by atoms with van der Waals surface area (Å²) in [6, 6.07) is 15.7. The average molecular weight is 654 g/mol. The zero-order valence-electron chi connectivity index (χ0n) is 30.8. The van der Waals surface area contributed by atoms with Gasteiger partial charge in [0, 0.05) is 22.1 Å². The number of carbonyl (C=O) groups is 3. The van der Waals surface area contributed by atoms with Crippen LogP contribution in [0.15, 0.2) is 54.6 Å². The van der Waals surface area contributed by atoms with Gasteiger partial charge in [-0.3, -0.25) is 14.4 Å². The van der Waals surface area contributed by atoms with Crippen molar-refractivity contribution in [3.05, 3.63) is 82.7 Å². The number of nitrogens with zero attached hydrogens (tertiary/aromatic N) is 3. The van der Waals surface area contributed by atoms with E-state index < -0.39 is 23.7 Å². The van der Waals surface area contributed by atoms with Crippen LogP contribution in [0.3, 0.4) is 0 Å². The zero-order valence-corrected chi connectivity index (χ0v) is 30.8. The third kappa shape index (κ3) is 7.37. The molecule has 48 heavy (non-hydrogen) atoms. The molecule has 1 aliphatic heterocycles. The summed E-state index contributed by atoms with van der Waals surface area (Å²) >= 11 is 0. The molecule has 3 atom stereocenters. The Hall–Kier alpha value is -3.94. The Labute approximate surface area is 287 Å². The van der Waals surface area contributed by atoms with Crippen molar-refractivity contribution in [3.63, 3.8) is 0 Å². The molecule has 1 aromatic heterocycles. The predicted molar refractivity (Wildman–Crippen MR) is 191 cm³/mol. The van der Waals surface area contributed by atoms with Crippen LogP contribution in [-0.4, -0.2) is 50.0 Å². The number of rotatable bonds is 7. The molecule has 1 saturated heterocycles. The highest BCUT2D eigenvalue weighted by Crippen LogP contribution is 2.36. The van der Waals surface area contributed by atoms with E-state index >= 15 is 0 Å². The lowest BCUT2D eigenvalue weighted by Gasteiger charge is -2.45. The summed E-state index contributed by atoms with van der Waals surface area (Å²) in [5, 5.41) is 11.3. The fourth-order valence-corrected chi connectivity index (χ4v) is 7.03. The van der Waals surface area contributed by atoms with Crippen LogP contribution in [0, 0.1) is 11.8 Å². The second-order valence-corrected chi connectivity index (χ2v) is 17.4. The monoisotopic (exact) mass is 653 g/mol. The van der Waals surface area contributed by atoms with Crippen LogP contribution in [0.4, 0.5) is 0 Å². The molecule has 8 heteroatoms. The van der Waals surface area contributed by atoms with E-state index in [1.165, 1.54) is 11.1 Å². The van der Waals surface area contributed by atoms with E-state index in [1.807, 2.05) is 75.7 Å². The standard InChI is InChI=1S/C40H55N5O3/c1-24(2)20-30-35(46)41-33(28-21-26-14-12-13-15-27(26)22-28)37(48)44(30)34(36(47)42-40(9,10)11)25-16-18-29(19-17-25)45-32(39(6,7)8)23-31(43-45)38(3,4)5/h12-19,23-24,28,30,33-34H,20-22H2,1-11H3,(H,41,46)(H,42,47). The number of carbonyl (C=O) groups excluding carboxylic acids is 3. The third-order valence-corrected chi connectivity index (χ3v) is 9.43. The Balaban J connectivity index is 1.59. The molecule has 3 aromatic rings. The van der Waals surface area contributed by atoms with Crippen LogP contribution in [-0.2, 0) is 38.1 Å². The molecule has 2 heterocycles. The van der Waals surface area contributed by atoms with Crippen molar-refractivity contribution in [1.29, 1.82) is 0 Å². The van der Waals surface area contributed by atoms with Gasteiger partial charge in [0.1, 0.15) is 18.1 Å². The first-order valence-electron chi connectivity index (χ1n) is 17.5. The molecule has 2 N–H and O–H groups in total. The minimum Gasteiger partial charge on any atom is -0.349 e. The Morgan fingerprint density at radius 3 is 1.98 bits per heavy atom. The zero-order chi connectivity index (χ0) is 35.3. The maximum absolute atomic E-state index is 14.7. The SMILES string of the molecule is CC(C)CC1C(=O)NC(C2Cc3ccccc3C2)C(=O)N1C(C(=O)NC(C)(C)C)c1ccc(-n2nc(C(C)(C)C)cc2C(C)(C)C)cc1. The minimum atomic E-state index is -0.989. The van der Waals surface area contributed by atoms with Crippen LogP contribution in [0.1, 0.15) is 117 Å². The highest BCUT2D eigenvalue weighted by Gasteiger charge is 2.49. The van der Waals surface area contributed by atoms with Crippen LogP contribution in [0.5, 0.6) is 0 Å². The molecule has 258 valence electrons. The fraction of sp³-hybridized carbons (Fsp3) is 0.550. The van der Waals surface area contributed by atoms with Crippen molar-refractivity contribution in [3.8, 4) is 5.69 Å². The first-order chi connectivity index (χ1) is 22.2. The highest BCUT2D eigenvalue weighted by atomic mass is 16.2. The number of nitrogens with one attached hydrogen (secondary N) is 2. The summed E-state index contributed by atoms with van der Waals surface area (Å²) in [6.45, 7) is 22.9. The molecule has 0 saturated carbocycles. The van der Waals surface area contributed by atoms with Gasteiger partial charge in [-0.25, -0.2) is 4.68 Å². The Morgan fingerprint density at radius 2 is 1.48 bits per heavy atom. The van der Waals surface area contributed by atoms with Gasteiger partial charge in [0.2, 0.25) is 17.7 Å². The molecule has 8 nitrogen and oxygen atoms in total. The lowest BCUT2D eigenvalue weighted by atomic mass is 9.87. The van der Waals surface area contributed by atoms with E-state index in [4.69, 9.17) is 5.10 Å². The summed E-state index contributed by atoms with van der Waals surface area (Å²) in [6.07, 6.45) is 1.86. The number of amides is 3. The van der Waals surface area contributed by atoms with Crippen LogP contribution >= 0.6 is 0 Å². The largest absolute Gasteiger partial charge is 0.349 e. The van der Waals surface area contributed by atoms with Gasteiger partial charge in [0.15, 0.2) is 0 Å². The van der Waals surface area contributed by atoms with Gasteiger partial charge in [-0.1, -0.05) is 91.8 Å². The second kappa shape index (κ2) is 12.8. The molecule has 2 aliphatic rings. The van der Waals surface area contributed by atoms with Crippen molar-refractivity contribution >= 4 is 17.7 Å². The quantitative estimate of drug-likeness (QED) is 0.301. The number of piperazine rings is 1. The second-order valence-electron chi connectivity index (χ2n) is 17.4. The maximum Gasteiger partial charge on any atom is 0.247 e. The summed E-state index contributed by atoms with van der Waals surface area (Å²) in [5.41, 5.74) is 5.21. The molecule has 2 aromatic carbocycles. The Morgan fingerprint density at radius 1 is 0.896 bits per heavy atom. The molecular formula is C40H55N5O3. The lowest BCUT2D eigenvalue weighted by molar-refractivity contribution is -0.158. The Bertz CT molecular complexity index is 1640. The molecule has 1 aliphatic carbocycles. The molecule has 5 rings (SSSR count). The fourth-order valence-electron chi connectivity index (χ4n) is 7.03. The van der Waals surface area contributed by atoms with Crippen LogP contribution < -0.4 is 10.6 Å². The first kappa shape index (κ1) is 35.4. The molecule has 0 radical (unpaired) electrons. The van der Waals surface area contributed by atoms with Crippen molar-refractivity contribution in [2.75, 3.05) is 0 Å². The Kier molecular flexibility index (Phi) is 9.45. The van der Waals surface area contributed by atoms with Gasteiger partial charge in [-0.2, -0.15) is 5.10 Å². The van der Waals surface area contributed by atoms with Gasteiger partial charge in [0.25, 0.3) is 0 Å². The number of hydrogen-bond acceptors (Lipinski definition) is 4. The van der Waals surface area contributed by atoms with E-state index in [2.05, 4.69) is 70.4 Å². The van der Waals surface area contributed by atoms with Crippen LogP contribution in [0.25, 0.3) is 5.69 Å².